The van der Waals surface area contributed by atoms with E-state index < -0.39 is 0 Å². The number of hydrogen-bond donors (Lipinski definition) is 0. The Morgan fingerprint density at radius 3 is 1.63 bits per heavy atom. The van der Waals surface area contributed by atoms with Crippen molar-refractivity contribution in [3.8, 4) is 0 Å². The molecule has 3 heteroatoms. The number of nitrogens with zero attached hydrogens (tertiary/aromatic N) is 1. The summed E-state index contributed by atoms with van der Waals surface area (Å²) >= 11 is 0. The van der Waals surface area contributed by atoms with Crippen LogP contribution in [-0.2, 0) is 9.59 Å². The summed E-state index contributed by atoms with van der Waals surface area (Å²) in [7, 11) is 0. The fourth-order valence-corrected chi connectivity index (χ4v) is 4.05. The van der Waals surface area contributed by atoms with Crippen molar-refractivity contribution in [3.63, 3.8) is 0 Å². The van der Waals surface area contributed by atoms with Crippen molar-refractivity contribution in [2.24, 2.45) is 0 Å². The quantitative estimate of drug-likeness (QED) is 0.166. The van der Waals surface area contributed by atoms with Crippen LogP contribution in [0.5, 0.6) is 0 Å². The summed E-state index contributed by atoms with van der Waals surface area (Å²) in [6, 6.07) is -0.00907. The molecule has 156 valence electrons. The molecule has 1 saturated heterocycles. The largest absolute Gasteiger partial charge is 0.275 e. The third-order valence-electron chi connectivity index (χ3n) is 5.96. The van der Waals surface area contributed by atoms with E-state index >= 15 is 0 Å². The maximum atomic E-state index is 12.1. The number of rotatable bonds is 16. The molecule has 0 aromatic rings. The van der Waals surface area contributed by atoms with Gasteiger partial charge in [-0.1, -0.05) is 102 Å². The summed E-state index contributed by atoms with van der Waals surface area (Å²) in [5.41, 5.74) is 1.15. The minimum Gasteiger partial charge on any atom is -0.275 e. The van der Waals surface area contributed by atoms with E-state index in [2.05, 4.69) is 6.92 Å². The lowest BCUT2D eigenvalue weighted by Gasteiger charge is -2.27. The molecule has 0 radical (unpaired) electrons. The second-order valence-corrected chi connectivity index (χ2v) is 8.24. The molecule has 0 N–H and O–H groups in total. The molecule has 1 atom stereocenters. The summed E-state index contributed by atoms with van der Waals surface area (Å²) in [4.78, 5) is 25.7. The molecule has 0 aromatic heterocycles. The van der Waals surface area contributed by atoms with Crippen molar-refractivity contribution in [2.75, 3.05) is 0 Å². The van der Waals surface area contributed by atoms with Crippen LogP contribution in [0.25, 0.3) is 0 Å². The van der Waals surface area contributed by atoms with Gasteiger partial charge in [0.05, 0.1) is 6.04 Å². The minimum atomic E-state index is -0.00907. The Balaban J connectivity index is 2.08. The Morgan fingerprint density at radius 1 is 0.815 bits per heavy atom. The van der Waals surface area contributed by atoms with E-state index in [1.165, 1.54) is 81.9 Å². The second kappa shape index (κ2) is 14.9. The Kier molecular flexibility index (Phi) is 13.2. The standard InChI is InChI=1S/C24H43NO2/c1-4-6-7-8-9-10-11-12-13-14-15-16-17-18-22(21(3)5-2)25-23(26)19-20-24(25)27/h5,22H,4,6-20H2,1-3H3/b21-5+. The summed E-state index contributed by atoms with van der Waals surface area (Å²) in [6.45, 7) is 6.32. The summed E-state index contributed by atoms with van der Waals surface area (Å²) in [5.74, 6) is 0.0294. The number of carbonyl (C=O) groups is 2. The van der Waals surface area contributed by atoms with Crippen molar-refractivity contribution >= 4 is 11.8 Å². The number of allylic oxidation sites excluding steroid dienone is 1. The van der Waals surface area contributed by atoms with E-state index in [0.29, 0.717) is 12.8 Å². The van der Waals surface area contributed by atoms with Crippen LogP contribution in [0.3, 0.4) is 0 Å². The van der Waals surface area contributed by atoms with Crippen LogP contribution >= 0.6 is 0 Å². The van der Waals surface area contributed by atoms with E-state index in [9.17, 15) is 9.59 Å². The van der Waals surface area contributed by atoms with Crippen molar-refractivity contribution in [2.45, 2.75) is 130 Å². The van der Waals surface area contributed by atoms with Gasteiger partial charge in [-0.2, -0.15) is 0 Å². The molecule has 2 amide bonds. The van der Waals surface area contributed by atoms with Crippen LogP contribution in [0.1, 0.15) is 124 Å². The zero-order chi connectivity index (χ0) is 19.9. The molecular formula is C24H43NO2. The molecule has 1 aliphatic heterocycles. The van der Waals surface area contributed by atoms with Gasteiger partial charge in [0.2, 0.25) is 11.8 Å². The predicted octanol–water partition coefficient (Wildman–Crippen LogP) is 6.95. The van der Waals surface area contributed by atoms with Crippen molar-refractivity contribution in [1.82, 2.24) is 4.90 Å². The number of amides is 2. The molecule has 0 saturated carbocycles. The highest BCUT2D eigenvalue weighted by atomic mass is 16.2. The SMILES string of the molecule is C/C=C(\C)C(CCCCCCCCCCCCCCC)N1C(=O)CCC1=O. The van der Waals surface area contributed by atoms with Crippen LogP contribution in [0.2, 0.25) is 0 Å². The maximum absolute atomic E-state index is 12.1. The van der Waals surface area contributed by atoms with E-state index in [1.54, 1.807) is 0 Å². The number of carbonyl (C=O) groups excluding carboxylic acids is 2. The average Bonchev–Trinajstić information content (AvgIpc) is 3.00. The smallest absolute Gasteiger partial charge is 0.230 e. The third-order valence-corrected chi connectivity index (χ3v) is 5.96. The predicted molar refractivity (Wildman–Crippen MR) is 115 cm³/mol. The van der Waals surface area contributed by atoms with E-state index in [1.807, 2.05) is 19.9 Å². The van der Waals surface area contributed by atoms with Gasteiger partial charge < -0.3 is 0 Å². The second-order valence-electron chi connectivity index (χ2n) is 8.24. The Hall–Kier alpha value is -1.12. The number of unbranched alkanes of at least 4 members (excludes halogenated alkanes) is 12. The third kappa shape index (κ3) is 9.58. The minimum absolute atomic E-state index is 0.00907. The molecule has 0 aliphatic carbocycles. The summed E-state index contributed by atoms with van der Waals surface area (Å²) in [6.07, 6.45) is 21.2. The highest BCUT2D eigenvalue weighted by molar-refractivity contribution is 6.02. The van der Waals surface area contributed by atoms with Crippen LogP contribution in [0.15, 0.2) is 11.6 Å². The lowest BCUT2D eigenvalue weighted by molar-refractivity contribution is -0.140. The lowest BCUT2D eigenvalue weighted by atomic mass is 9.98. The molecule has 27 heavy (non-hydrogen) atoms. The first-order valence-corrected chi connectivity index (χ1v) is 11.6. The van der Waals surface area contributed by atoms with Gasteiger partial charge in [-0.05, 0) is 20.3 Å². The fourth-order valence-electron chi connectivity index (χ4n) is 4.05. The van der Waals surface area contributed by atoms with E-state index in [4.69, 9.17) is 0 Å². The zero-order valence-electron chi connectivity index (χ0n) is 18.2. The maximum Gasteiger partial charge on any atom is 0.230 e. The van der Waals surface area contributed by atoms with Gasteiger partial charge in [0.25, 0.3) is 0 Å². The van der Waals surface area contributed by atoms with Crippen LogP contribution < -0.4 is 0 Å². The molecule has 1 fully saturated rings. The van der Waals surface area contributed by atoms with Crippen molar-refractivity contribution in [3.05, 3.63) is 11.6 Å². The monoisotopic (exact) mass is 377 g/mol. The average molecular weight is 378 g/mol. The molecule has 0 aromatic carbocycles. The summed E-state index contributed by atoms with van der Waals surface area (Å²) in [5, 5.41) is 0. The van der Waals surface area contributed by atoms with Gasteiger partial charge in [0.15, 0.2) is 0 Å². The lowest BCUT2D eigenvalue weighted by Crippen LogP contribution is -2.40. The fraction of sp³-hybridized carbons (Fsp3) is 0.833. The van der Waals surface area contributed by atoms with Gasteiger partial charge >= 0.3 is 0 Å². The molecular weight excluding hydrogens is 334 g/mol. The van der Waals surface area contributed by atoms with E-state index in [0.717, 1.165) is 18.4 Å². The van der Waals surface area contributed by atoms with Crippen LogP contribution in [0, 0.1) is 0 Å². The van der Waals surface area contributed by atoms with Gasteiger partial charge in [0.1, 0.15) is 0 Å². The normalized spacial score (nSPS) is 16.4. The molecule has 3 nitrogen and oxygen atoms in total. The first-order chi connectivity index (χ1) is 13.1. The van der Waals surface area contributed by atoms with E-state index in [-0.39, 0.29) is 17.9 Å². The molecule has 1 unspecified atom stereocenters. The van der Waals surface area contributed by atoms with Crippen molar-refractivity contribution < 1.29 is 9.59 Å². The first kappa shape index (κ1) is 23.9. The molecule has 1 aliphatic rings. The Labute approximate surface area is 168 Å². The molecule has 0 spiro atoms. The first-order valence-electron chi connectivity index (χ1n) is 11.6. The van der Waals surface area contributed by atoms with Gasteiger partial charge in [-0.25, -0.2) is 0 Å². The highest BCUT2D eigenvalue weighted by Gasteiger charge is 2.35. The molecule has 1 rings (SSSR count). The molecule has 1 heterocycles. The van der Waals surface area contributed by atoms with Crippen LogP contribution in [0.4, 0.5) is 0 Å². The number of imide groups is 1. The van der Waals surface area contributed by atoms with Gasteiger partial charge in [-0.3, -0.25) is 14.5 Å². The van der Waals surface area contributed by atoms with Crippen LogP contribution in [-0.4, -0.2) is 22.8 Å². The van der Waals surface area contributed by atoms with Crippen molar-refractivity contribution in [1.29, 1.82) is 0 Å². The summed E-state index contributed by atoms with van der Waals surface area (Å²) < 4.78 is 0. The molecule has 0 bridgehead atoms. The zero-order valence-corrected chi connectivity index (χ0v) is 18.2. The van der Waals surface area contributed by atoms with Gasteiger partial charge in [-0.15, -0.1) is 0 Å². The Morgan fingerprint density at radius 2 is 1.22 bits per heavy atom. The Bertz CT molecular complexity index is 439. The topological polar surface area (TPSA) is 37.4 Å². The van der Waals surface area contributed by atoms with Gasteiger partial charge in [0, 0.05) is 12.8 Å². The highest BCUT2D eigenvalue weighted by Crippen LogP contribution is 2.24. The number of likely N-dealkylation sites (tertiary alicyclic amines) is 1. The number of hydrogen-bond acceptors (Lipinski definition) is 2.